The summed E-state index contributed by atoms with van der Waals surface area (Å²) >= 11 is 0. The van der Waals surface area contributed by atoms with Crippen LogP contribution in [0.5, 0.6) is 5.75 Å². The molecule has 0 saturated heterocycles. The minimum absolute atomic E-state index is 0.0319. The van der Waals surface area contributed by atoms with Gasteiger partial charge < -0.3 is 14.8 Å². The molecular weight excluding hydrogens is 371 g/mol. The second kappa shape index (κ2) is 9.45. The first-order valence-corrected chi connectivity index (χ1v) is 8.37. The molecule has 0 aliphatic rings. The first-order valence-electron chi connectivity index (χ1n) is 8.37. The molecule has 0 fully saturated rings. The molecule has 9 heteroatoms. The van der Waals surface area contributed by atoms with Gasteiger partial charge in [-0.05, 0) is 37.1 Å². The second-order valence-electron chi connectivity index (χ2n) is 5.89. The fraction of sp³-hybridized carbons (Fsp3) is 0.263. The van der Waals surface area contributed by atoms with E-state index in [4.69, 9.17) is 9.47 Å². The van der Waals surface area contributed by atoms with Crippen LogP contribution >= 0.6 is 0 Å². The van der Waals surface area contributed by atoms with Crippen LogP contribution in [0, 0.1) is 15.9 Å². The fourth-order valence-corrected chi connectivity index (χ4v) is 2.34. The molecule has 2 aromatic carbocycles. The Labute approximate surface area is 160 Å². The van der Waals surface area contributed by atoms with E-state index in [2.05, 4.69) is 5.32 Å². The zero-order valence-corrected chi connectivity index (χ0v) is 15.3. The van der Waals surface area contributed by atoms with Crippen LogP contribution in [0.1, 0.15) is 18.9 Å². The molecule has 28 heavy (non-hydrogen) atoms. The maximum absolute atomic E-state index is 12.9. The number of nitro groups is 1. The van der Waals surface area contributed by atoms with Gasteiger partial charge in [0.05, 0.1) is 23.8 Å². The van der Waals surface area contributed by atoms with E-state index in [9.17, 15) is 24.1 Å². The number of ether oxygens (including phenoxy) is 2. The average molecular weight is 390 g/mol. The lowest BCUT2D eigenvalue weighted by Crippen LogP contribution is -2.30. The molecule has 0 spiro atoms. The van der Waals surface area contributed by atoms with Crippen LogP contribution in [0.2, 0.25) is 0 Å². The van der Waals surface area contributed by atoms with E-state index in [1.54, 1.807) is 12.1 Å². The summed E-state index contributed by atoms with van der Waals surface area (Å²) in [5.74, 6) is -1.44. The maximum Gasteiger partial charge on any atom is 0.306 e. The summed E-state index contributed by atoms with van der Waals surface area (Å²) in [6.07, 6.45) is -0.700. The Balaban J connectivity index is 1.90. The monoisotopic (exact) mass is 390 g/mol. The quantitative estimate of drug-likeness (QED) is 0.421. The number of carbonyl (C=O) groups excluding carboxylic acids is 2. The van der Waals surface area contributed by atoms with Crippen LogP contribution in [0.25, 0.3) is 0 Å². The van der Waals surface area contributed by atoms with Crippen LogP contribution in [-0.2, 0) is 20.7 Å². The fourth-order valence-electron chi connectivity index (χ4n) is 2.34. The molecule has 8 nitrogen and oxygen atoms in total. The van der Waals surface area contributed by atoms with E-state index < -0.39 is 22.9 Å². The molecular formula is C19H19FN2O6. The Morgan fingerprint density at radius 2 is 1.89 bits per heavy atom. The van der Waals surface area contributed by atoms with Crippen molar-refractivity contribution in [1.82, 2.24) is 0 Å². The number of carbonyl (C=O) groups is 2. The SMILES string of the molecule is COc1cc([N+](=O)[O-])ccc1NC(=O)[C@@H](C)OC(=O)CCc1ccc(F)cc1. The zero-order valence-electron chi connectivity index (χ0n) is 15.3. The second-order valence-corrected chi connectivity index (χ2v) is 5.89. The smallest absolute Gasteiger partial charge is 0.306 e. The van der Waals surface area contributed by atoms with Gasteiger partial charge >= 0.3 is 5.97 Å². The van der Waals surface area contributed by atoms with Crippen LogP contribution in [0.15, 0.2) is 42.5 Å². The molecule has 0 saturated carbocycles. The van der Waals surface area contributed by atoms with Crippen molar-refractivity contribution in [3.8, 4) is 5.75 Å². The van der Waals surface area contributed by atoms with Gasteiger partial charge in [-0.2, -0.15) is 0 Å². The highest BCUT2D eigenvalue weighted by molar-refractivity contribution is 5.96. The van der Waals surface area contributed by atoms with Crippen molar-refractivity contribution < 1.29 is 28.4 Å². The highest BCUT2D eigenvalue weighted by Crippen LogP contribution is 2.29. The van der Waals surface area contributed by atoms with Gasteiger partial charge in [0.2, 0.25) is 0 Å². The van der Waals surface area contributed by atoms with E-state index in [1.165, 1.54) is 44.4 Å². The molecule has 0 bridgehead atoms. The molecule has 0 radical (unpaired) electrons. The van der Waals surface area contributed by atoms with Crippen molar-refractivity contribution in [1.29, 1.82) is 0 Å². The number of hydrogen-bond acceptors (Lipinski definition) is 6. The number of anilines is 1. The van der Waals surface area contributed by atoms with E-state index in [1.807, 2.05) is 0 Å². The highest BCUT2D eigenvalue weighted by atomic mass is 19.1. The largest absolute Gasteiger partial charge is 0.494 e. The Kier molecular flexibility index (Phi) is 7.02. The van der Waals surface area contributed by atoms with Crippen molar-refractivity contribution in [3.05, 3.63) is 64.0 Å². The first-order chi connectivity index (χ1) is 13.3. The molecule has 2 aromatic rings. The number of rotatable bonds is 8. The lowest BCUT2D eigenvalue weighted by molar-refractivity contribution is -0.384. The summed E-state index contributed by atoms with van der Waals surface area (Å²) in [6.45, 7) is 1.41. The minimum Gasteiger partial charge on any atom is -0.494 e. The number of non-ortho nitro benzene ring substituents is 1. The van der Waals surface area contributed by atoms with E-state index >= 15 is 0 Å². The lowest BCUT2D eigenvalue weighted by atomic mass is 10.1. The van der Waals surface area contributed by atoms with E-state index in [0.29, 0.717) is 6.42 Å². The summed E-state index contributed by atoms with van der Waals surface area (Å²) in [5.41, 5.74) is 0.800. The molecule has 0 heterocycles. The predicted octanol–water partition coefficient (Wildman–Crippen LogP) is 3.25. The van der Waals surface area contributed by atoms with E-state index in [0.717, 1.165) is 5.56 Å². The Morgan fingerprint density at radius 3 is 2.50 bits per heavy atom. The number of aryl methyl sites for hydroxylation is 1. The number of hydrogen-bond donors (Lipinski definition) is 1. The number of halogens is 1. The molecule has 0 aliphatic carbocycles. The lowest BCUT2D eigenvalue weighted by Gasteiger charge is -2.15. The Bertz CT molecular complexity index is 869. The number of methoxy groups -OCH3 is 1. The molecule has 1 amide bonds. The first kappa shape index (κ1) is 20.8. The van der Waals surface area contributed by atoms with E-state index in [-0.39, 0.29) is 29.4 Å². The third-order valence-corrected chi connectivity index (χ3v) is 3.86. The molecule has 1 atom stereocenters. The number of nitrogens with zero attached hydrogens (tertiary/aromatic N) is 1. The maximum atomic E-state index is 12.9. The van der Waals surface area contributed by atoms with Crippen molar-refractivity contribution in [2.24, 2.45) is 0 Å². The zero-order chi connectivity index (χ0) is 20.7. The number of amides is 1. The summed E-state index contributed by atoms with van der Waals surface area (Å²) in [6, 6.07) is 9.46. The molecule has 2 rings (SSSR count). The van der Waals surface area contributed by atoms with Gasteiger partial charge in [0.25, 0.3) is 11.6 Å². The molecule has 1 N–H and O–H groups in total. The van der Waals surface area contributed by atoms with Gasteiger partial charge in [0, 0.05) is 12.5 Å². The summed E-state index contributed by atoms with van der Waals surface area (Å²) in [4.78, 5) is 34.4. The molecule has 0 aromatic heterocycles. The van der Waals surface area contributed by atoms with Gasteiger partial charge in [0.15, 0.2) is 6.10 Å². The predicted molar refractivity (Wildman–Crippen MR) is 98.6 cm³/mol. The average Bonchev–Trinajstić information content (AvgIpc) is 2.67. The topological polar surface area (TPSA) is 108 Å². The van der Waals surface area contributed by atoms with Crippen molar-refractivity contribution in [3.63, 3.8) is 0 Å². The molecule has 0 aliphatic heterocycles. The van der Waals surface area contributed by atoms with Crippen molar-refractivity contribution in [2.45, 2.75) is 25.9 Å². The number of nitrogens with one attached hydrogen (secondary N) is 1. The summed E-state index contributed by atoms with van der Waals surface area (Å²) in [7, 11) is 1.31. The third-order valence-electron chi connectivity index (χ3n) is 3.86. The summed E-state index contributed by atoms with van der Waals surface area (Å²) in [5, 5.41) is 13.3. The normalized spacial score (nSPS) is 11.4. The number of nitro benzene ring substituents is 1. The van der Waals surface area contributed by atoms with Crippen LogP contribution in [0.3, 0.4) is 0 Å². The molecule has 148 valence electrons. The Morgan fingerprint density at radius 1 is 1.21 bits per heavy atom. The van der Waals surface area contributed by atoms with Gasteiger partial charge in [-0.1, -0.05) is 12.1 Å². The van der Waals surface area contributed by atoms with Crippen molar-refractivity contribution >= 4 is 23.3 Å². The Hall–Kier alpha value is -3.49. The van der Waals surface area contributed by atoms with Gasteiger partial charge in [-0.3, -0.25) is 19.7 Å². The van der Waals surface area contributed by atoms with Crippen LogP contribution < -0.4 is 10.1 Å². The van der Waals surface area contributed by atoms with Crippen molar-refractivity contribution in [2.75, 3.05) is 12.4 Å². The highest BCUT2D eigenvalue weighted by Gasteiger charge is 2.20. The third kappa shape index (κ3) is 5.76. The van der Waals surface area contributed by atoms with Crippen LogP contribution in [-0.4, -0.2) is 30.0 Å². The van der Waals surface area contributed by atoms with Gasteiger partial charge in [-0.15, -0.1) is 0 Å². The van der Waals surface area contributed by atoms with Gasteiger partial charge in [-0.25, -0.2) is 4.39 Å². The number of esters is 1. The van der Waals surface area contributed by atoms with Gasteiger partial charge in [0.1, 0.15) is 11.6 Å². The summed E-state index contributed by atoms with van der Waals surface area (Å²) < 4.78 is 23.0. The van der Waals surface area contributed by atoms with Crippen LogP contribution in [0.4, 0.5) is 15.8 Å². The number of benzene rings is 2. The minimum atomic E-state index is -1.08. The standard InChI is InChI=1S/C19H19FN2O6/c1-12(28-18(23)10-5-13-3-6-14(20)7-4-13)19(24)21-16-9-8-15(22(25)26)11-17(16)27-2/h3-4,6-9,11-12H,5,10H2,1-2H3,(H,21,24)/t12-/m1/s1. The molecule has 0 unspecified atom stereocenters.